The van der Waals surface area contributed by atoms with Gasteiger partial charge < -0.3 is 4.43 Å². The average molecular weight is 219 g/mol. The fourth-order valence-electron chi connectivity index (χ4n) is 1.72. The second-order valence-electron chi connectivity index (χ2n) is 5.41. The van der Waals surface area contributed by atoms with Crippen molar-refractivity contribution in [1.82, 2.24) is 0 Å². The Morgan fingerprint density at radius 2 is 1.40 bits per heavy atom. The molecule has 15 heavy (non-hydrogen) atoms. The van der Waals surface area contributed by atoms with E-state index in [0.717, 1.165) is 0 Å². The normalized spacial score (nSPS) is 12.9. The van der Waals surface area contributed by atoms with Crippen molar-refractivity contribution >= 4 is 10.5 Å². The lowest BCUT2D eigenvalue weighted by Gasteiger charge is -2.31. The number of rotatable bonds is 2. The lowest BCUT2D eigenvalue weighted by molar-refractivity contribution is 0.121. The predicted molar refractivity (Wildman–Crippen MR) is 65.0 cm³/mol. The molecular formula is C13H19OSi. The van der Waals surface area contributed by atoms with E-state index in [4.69, 9.17) is 4.43 Å². The van der Waals surface area contributed by atoms with Crippen LogP contribution in [0.5, 0.6) is 0 Å². The highest BCUT2D eigenvalue weighted by molar-refractivity contribution is 5.98. The highest BCUT2D eigenvalue weighted by Gasteiger charge is 2.27. The zero-order valence-electron chi connectivity index (χ0n) is 10.2. The summed E-state index contributed by atoms with van der Waals surface area (Å²) >= 11 is 0. The van der Waals surface area contributed by atoms with E-state index in [2.05, 4.69) is 69.4 Å². The van der Waals surface area contributed by atoms with Crippen LogP contribution in [0.3, 0.4) is 0 Å². The van der Waals surface area contributed by atoms with Crippen LogP contribution in [-0.2, 0) is 15.4 Å². The zero-order valence-corrected chi connectivity index (χ0v) is 11.2. The molecule has 0 heterocycles. The third-order valence-corrected chi connectivity index (χ3v) is 3.15. The van der Waals surface area contributed by atoms with Crippen molar-refractivity contribution in [2.75, 3.05) is 0 Å². The highest BCUT2D eigenvalue weighted by atomic mass is 28.2. The Bertz CT molecular complexity index is 337. The van der Waals surface area contributed by atoms with Gasteiger partial charge in [0.2, 0.25) is 10.5 Å². The molecule has 0 spiro atoms. The topological polar surface area (TPSA) is 9.23 Å². The predicted octanol–water partition coefficient (Wildman–Crippen LogP) is 3.32. The quantitative estimate of drug-likeness (QED) is 0.693. The summed E-state index contributed by atoms with van der Waals surface area (Å²) in [5, 5.41) is 0. The van der Waals surface area contributed by atoms with E-state index in [0.29, 0.717) is 0 Å². The molecule has 2 heteroatoms. The summed E-state index contributed by atoms with van der Waals surface area (Å²) < 4.78 is 5.37. The lowest BCUT2D eigenvalue weighted by atomic mass is 9.79. The summed E-state index contributed by atoms with van der Waals surface area (Å²) in [6.45, 7) is 10.8. The molecule has 0 fully saturated rings. The molecule has 0 aliphatic rings. The van der Waals surface area contributed by atoms with Crippen LogP contribution in [0.2, 0.25) is 0 Å². The molecule has 0 amide bonds. The molecule has 81 valence electrons. The number of benzene rings is 1. The summed E-state index contributed by atoms with van der Waals surface area (Å²) in [5.41, 5.74) is 2.39. The second kappa shape index (κ2) is 4.10. The van der Waals surface area contributed by atoms with Gasteiger partial charge in [-0.2, -0.15) is 0 Å². The Labute approximate surface area is 96.4 Å². The van der Waals surface area contributed by atoms with Crippen LogP contribution < -0.4 is 0 Å². The van der Waals surface area contributed by atoms with Crippen molar-refractivity contribution in [2.24, 2.45) is 0 Å². The fourth-order valence-corrected chi connectivity index (χ4v) is 1.83. The molecule has 1 aromatic rings. The minimum Gasteiger partial charge on any atom is -0.410 e. The molecule has 1 rings (SSSR count). The molecular weight excluding hydrogens is 200 g/mol. The van der Waals surface area contributed by atoms with E-state index in [9.17, 15) is 0 Å². The van der Waals surface area contributed by atoms with Gasteiger partial charge in [0.1, 0.15) is 0 Å². The minimum absolute atomic E-state index is 0.138. The highest BCUT2D eigenvalue weighted by Crippen LogP contribution is 2.33. The third-order valence-electron chi connectivity index (χ3n) is 2.64. The first-order chi connectivity index (χ1) is 6.79. The smallest absolute Gasteiger partial charge is 0.247 e. The third kappa shape index (κ3) is 2.70. The van der Waals surface area contributed by atoms with Crippen LogP contribution in [0.1, 0.15) is 45.7 Å². The summed E-state index contributed by atoms with van der Waals surface area (Å²) in [6.07, 6.45) is 0. The van der Waals surface area contributed by atoms with Crippen molar-refractivity contribution in [3.05, 3.63) is 35.4 Å². The molecule has 3 radical (unpaired) electrons. The van der Waals surface area contributed by atoms with Gasteiger partial charge in [-0.1, -0.05) is 45.0 Å². The van der Waals surface area contributed by atoms with Crippen molar-refractivity contribution < 1.29 is 4.43 Å². The Hall–Kier alpha value is -0.603. The van der Waals surface area contributed by atoms with Gasteiger partial charge in [-0.25, -0.2) is 0 Å². The SMILES string of the molecule is CC(C)(C)c1ccccc1C(C)(C)O[Si]. The Balaban J connectivity index is 3.31. The maximum Gasteiger partial charge on any atom is 0.247 e. The molecule has 0 unspecified atom stereocenters. The molecule has 0 N–H and O–H groups in total. The summed E-state index contributed by atoms with van der Waals surface area (Å²) in [5.74, 6) is 0. The molecule has 0 bridgehead atoms. The van der Waals surface area contributed by atoms with Gasteiger partial charge in [-0.05, 0) is 30.4 Å². The van der Waals surface area contributed by atoms with Crippen LogP contribution in [0.4, 0.5) is 0 Å². The standard InChI is InChI=1S/C13H19OSi/c1-12(2,3)10-8-6-7-9-11(10)13(4,5)14-15/h6-9H,1-5H3. The summed E-state index contributed by atoms with van der Waals surface area (Å²) in [6, 6.07) is 8.43. The van der Waals surface area contributed by atoms with Crippen molar-refractivity contribution in [2.45, 2.75) is 45.6 Å². The molecule has 0 saturated heterocycles. The minimum atomic E-state index is -0.305. The molecule has 0 aromatic heterocycles. The number of hydrogen-bond donors (Lipinski definition) is 0. The first-order valence-electron chi connectivity index (χ1n) is 5.24. The van der Waals surface area contributed by atoms with E-state index < -0.39 is 0 Å². The first-order valence-corrected chi connectivity index (χ1v) is 5.64. The zero-order chi connectivity index (χ0) is 11.7. The number of hydrogen-bond acceptors (Lipinski definition) is 1. The van der Waals surface area contributed by atoms with Gasteiger partial charge in [0, 0.05) is 0 Å². The van der Waals surface area contributed by atoms with Gasteiger partial charge in [0.25, 0.3) is 0 Å². The van der Waals surface area contributed by atoms with Crippen LogP contribution >= 0.6 is 0 Å². The van der Waals surface area contributed by atoms with E-state index in [1.165, 1.54) is 11.1 Å². The lowest BCUT2D eigenvalue weighted by Crippen LogP contribution is -2.26. The Morgan fingerprint density at radius 3 is 1.80 bits per heavy atom. The van der Waals surface area contributed by atoms with Crippen LogP contribution in [0.15, 0.2) is 24.3 Å². The van der Waals surface area contributed by atoms with Gasteiger partial charge in [-0.15, -0.1) is 0 Å². The van der Waals surface area contributed by atoms with E-state index in [1.54, 1.807) is 0 Å². The fraction of sp³-hybridized carbons (Fsp3) is 0.538. The van der Waals surface area contributed by atoms with Crippen molar-refractivity contribution in [1.29, 1.82) is 0 Å². The maximum absolute atomic E-state index is 5.37. The molecule has 0 saturated carbocycles. The van der Waals surface area contributed by atoms with Crippen molar-refractivity contribution in [3.8, 4) is 0 Å². The molecule has 1 aromatic carbocycles. The van der Waals surface area contributed by atoms with E-state index in [1.807, 2.05) is 0 Å². The Kier molecular flexibility index (Phi) is 3.41. The molecule has 0 aliphatic heterocycles. The average Bonchev–Trinajstić information content (AvgIpc) is 2.16. The van der Waals surface area contributed by atoms with Gasteiger partial charge in [-0.3, -0.25) is 0 Å². The van der Waals surface area contributed by atoms with Gasteiger partial charge >= 0.3 is 0 Å². The van der Waals surface area contributed by atoms with Crippen LogP contribution in [0, 0.1) is 0 Å². The van der Waals surface area contributed by atoms with E-state index >= 15 is 0 Å². The molecule has 0 atom stereocenters. The monoisotopic (exact) mass is 219 g/mol. The molecule has 1 nitrogen and oxygen atoms in total. The van der Waals surface area contributed by atoms with Gasteiger partial charge in [0.15, 0.2) is 0 Å². The Morgan fingerprint density at radius 1 is 0.933 bits per heavy atom. The van der Waals surface area contributed by atoms with Crippen LogP contribution in [-0.4, -0.2) is 10.5 Å². The summed E-state index contributed by atoms with van der Waals surface area (Å²) in [7, 11) is 3.16. The van der Waals surface area contributed by atoms with Crippen LogP contribution in [0.25, 0.3) is 0 Å². The molecule has 0 aliphatic carbocycles. The summed E-state index contributed by atoms with van der Waals surface area (Å²) in [4.78, 5) is 0. The second-order valence-corrected chi connectivity index (χ2v) is 5.61. The maximum atomic E-state index is 5.37. The van der Waals surface area contributed by atoms with Gasteiger partial charge in [0.05, 0.1) is 5.60 Å². The van der Waals surface area contributed by atoms with E-state index in [-0.39, 0.29) is 11.0 Å². The van der Waals surface area contributed by atoms with Crippen molar-refractivity contribution in [3.63, 3.8) is 0 Å². The largest absolute Gasteiger partial charge is 0.410 e. The first kappa shape index (κ1) is 12.5.